The van der Waals surface area contributed by atoms with Gasteiger partial charge in [0.15, 0.2) is 0 Å². The number of fused-ring (bicyclic) bond motifs is 8. The highest BCUT2D eigenvalue weighted by atomic mass is 16.6. The molecule has 0 fully saturated rings. The molecule has 0 radical (unpaired) electrons. The number of aldehydes is 4. The molecule has 92 heavy (non-hydrogen) atoms. The van der Waals surface area contributed by atoms with Gasteiger partial charge in [0.1, 0.15) is 48.1 Å². The Morgan fingerprint density at radius 3 is 0.587 bits per heavy atom. The van der Waals surface area contributed by atoms with Crippen LogP contribution in [0.4, 0.5) is 22.7 Å². The lowest BCUT2D eigenvalue weighted by molar-refractivity contribution is -0.385. The molecule has 0 unspecified atom stereocenters. The van der Waals surface area contributed by atoms with Crippen LogP contribution < -0.4 is 18.9 Å². The van der Waals surface area contributed by atoms with E-state index in [1.54, 1.807) is 0 Å². The van der Waals surface area contributed by atoms with Crippen molar-refractivity contribution in [2.45, 2.75) is 130 Å². The predicted molar refractivity (Wildman–Crippen MR) is 346 cm³/mol. The zero-order valence-corrected chi connectivity index (χ0v) is 53.0. The van der Waals surface area contributed by atoms with Crippen LogP contribution in [0.5, 0.6) is 46.0 Å². The number of nitro groups is 4. The molecule has 20 nitrogen and oxygen atoms in total. The van der Waals surface area contributed by atoms with Crippen molar-refractivity contribution in [2.75, 3.05) is 0 Å². The molecule has 9 rings (SSSR count). The molecular weight excluding hydrogens is 1180 g/mol. The molecule has 0 saturated carbocycles. The van der Waals surface area contributed by atoms with Crippen molar-refractivity contribution in [2.24, 2.45) is 0 Å². The lowest BCUT2D eigenvalue weighted by Gasteiger charge is -2.29. The number of hydrogen-bond donors (Lipinski definition) is 0. The van der Waals surface area contributed by atoms with Crippen molar-refractivity contribution in [3.63, 3.8) is 0 Å². The van der Waals surface area contributed by atoms with Crippen molar-refractivity contribution in [1.82, 2.24) is 0 Å². The number of carbonyl (C=O) groups excluding carboxylic acids is 4. The summed E-state index contributed by atoms with van der Waals surface area (Å²) in [6, 6.07) is 30.5. The number of carbonyl (C=O) groups is 4. The Labute approximate surface area is 530 Å². The van der Waals surface area contributed by atoms with Crippen molar-refractivity contribution < 1.29 is 57.8 Å². The third kappa shape index (κ3) is 14.1. The second-order valence-electron chi connectivity index (χ2n) is 27.0. The summed E-state index contributed by atoms with van der Waals surface area (Å²) < 4.78 is 27.9. The van der Waals surface area contributed by atoms with E-state index in [1.807, 2.05) is 132 Å². The first-order valence-corrected chi connectivity index (χ1v) is 29.5. The largest absolute Gasteiger partial charge is 0.450 e. The van der Waals surface area contributed by atoms with Gasteiger partial charge in [-0.05, 0) is 137 Å². The van der Waals surface area contributed by atoms with Gasteiger partial charge in [-0.25, -0.2) is 0 Å². The molecule has 0 aliphatic heterocycles. The summed E-state index contributed by atoms with van der Waals surface area (Å²) in [6.07, 6.45) is 1.44. The molecule has 0 atom stereocenters. The smallest absolute Gasteiger partial charge is 0.312 e. The lowest BCUT2D eigenvalue weighted by atomic mass is 9.79. The summed E-state index contributed by atoms with van der Waals surface area (Å²) in [5, 5.41) is 52.2. The maximum absolute atomic E-state index is 13.1. The quantitative estimate of drug-likeness (QED) is 0.0494. The van der Waals surface area contributed by atoms with Crippen LogP contribution in [0.3, 0.4) is 0 Å². The number of hydrogen-bond acceptors (Lipinski definition) is 16. The molecule has 0 N–H and O–H groups in total. The highest BCUT2D eigenvalue weighted by Gasteiger charge is 2.33. The molecule has 1 aliphatic rings. The van der Waals surface area contributed by atoms with Gasteiger partial charge >= 0.3 is 22.7 Å². The fraction of sp³-hybridized carbons (Fsp3) is 0.278. The summed E-state index contributed by atoms with van der Waals surface area (Å²) in [6.45, 7) is 24.0. The standard InChI is InChI=1S/C72H68N4O16/c1-69(2,3)53-29-45-25-47-31-54(70(4,5)6)33-49(66(47)90-62-18-14-42(38-78)22-58(62)74(83)84)27-51-35-56(72(10,11)12)36-52(68(51)92-64-20-16-44(40-80)24-60(64)76(87)88)28-50-34-55(71(7,8)9)32-48(67(50)91-63-19-15-43(39-79)23-59(63)75(85)86)26-46(30-53)65(45)89-61-17-13-41(37-77)21-57(61)73(81)82/h13-24,29-40H,25-28H2,1-12H3. The maximum Gasteiger partial charge on any atom is 0.312 e. The first-order chi connectivity index (χ1) is 43.2. The summed E-state index contributed by atoms with van der Waals surface area (Å²) >= 11 is 0. The van der Waals surface area contributed by atoms with Crippen LogP contribution >= 0.6 is 0 Å². The van der Waals surface area contributed by atoms with Crippen LogP contribution in [0.2, 0.25) is 0 Å². The monoisotopic (exact) mass is 1240 g/mol. The fourth-order valence-electron chi connectivity index (χ4n) is 10.9. The molecular formula is C72H68N4O16. The van der Waals surface area contributed by atoms with Crippen LogP contribution in [0.15, 0.2) is 121 Å². The number of rotatable bonds is 16. The van der Waals surface area contributed by atoms with E-state index in [1.165, 1.54) is 48.5 Å². The molecule has 472 valence electrons. The van der Waals surface area contributed by atoms with Crippen molar-refractivity contribution >= 4 is 47.9 Å². The highest BCUT2D eigenvalue weighted by Crippen LogP contribution is 2.49. The third-order valence-electron chi connectivity index (χ3n) is 16.1. The zero-order chi connectivity index (χ0) is 67.1. The summed E-state index contributed by atoms with van der Waals surface area (Å²) in [5.41, 5.74) is 1.83. The molecule has 20 heteroatoms. The van der Waals surface area contributed by atoms with Gasteiger partial charge in [-0.15, -0.1) is 0 Å². The maximum atomic E-state index is 13.1. The molecule has 1 aliphatic carbocycles. The first kappa shape index (κ1) is 65.7. The first-order valence-electron chi connectivity index (χ1n) is 29.5. The van der Waals surface area contributed by atoms with Gasteiger partial charge in [0.2, 0.25) is 23.0 Å². The van der Waals surface area contributed by atoms with E-state index >= 15 is 0 Å². The molecule has 0 aromatic heterocycles. The van der Waals surface area contributed by atoms with Crippen molar-refractivity contribution in [1.29, 1.82) is 0 Å². The van der Waals surface area contributed by atoms with E-state index < -0.39 is 64.1 Å². The second-order valence-corrected chi connectivity index (χ2v) is 27.0. The summed E-state index contributed by atoms with van der Waals surface area (Å²) in [7, 11) is 0. The normalized spacial score (nSPS) is 12.5. The Balaban J connectivity index is 1.52. The number of ether oxygens (including phenoxy) is 4. The topological polar surface area (TPSA) is 278 Å². The van der Waals surface area contributed by atoms with E-state index in [2.05, 4.69) is 0 Å². The lowest BCUT2D eigenvalue weighted by Crippen LogP contribution is -2.17. The number of nitro benzene ring substituents is 4. The van der Waals surface area contributed by atoms with E-state index in [4.69, 9.17) is 18.9 Å². The van der Waals surface area contributed by atoms with Gasteiger partial charge in [-0.3, -0.25) is 59.6 Å². The third-order valence-corrected chi connectivity index (χ3v) is 16.1. The van der Waals surface area contributed by atoms with E-state index in [0.717, 1.165) is 46.5 Å². The Morgan fingerprint density at radius 1 is 0.293 bits per heavy atom. The van der Waals surface area contributed by atoms with Gasteiger partial charge < -0.3 is 18.9 Å². The zero-order valence-electron chi connectivity index (χ0n) is 53.0. The molecule has 0 amide bonds. The molecule has 8 bridgehead atoms. The highest BCUT2D eigenvalue weighted by molar-refractivity contribution is 5.80. The summed E-state index contributed by atoms with van der Waals surface area (Å²) in [4.78, 5) is 98.2. The van der Waals surface area contributed by atoms with Gasteiger partial charge in [0, 0.05) is 72.2 Å². The molecule has 8 aromatic rings. The minimum atomic E-state index is -0.665. The van der Waals surface area contributed by atoms with Gasteiger partial charge in [0.25, 0.3) is 0 Å². The average molecular weight is 1250 g/mol. The van der Waals surface area contributed by atoms with Crippen LogP contribution in [0, 0.1) is 40.5 Å². The molecule has 8 aromatic carbocycles. The molecule has 0 saturated heterocycles. The van der Waals surface area contributed by atoms with Gasteiger partial charge in [-0.2, -0.15) is 0 Å². The minimum Gasteiger partial charge on any atom is -0.450 e. The van der Waals surface area contributed by atoms with Crippen LogP contribution in [-0.4, -0.2) is 44.8 Å². The van der Waals surface area contributed by atoms with E-state index in [0.29, 0.717) is 69.7 Å². The van der Waals surface area contributed by atoms with E-state index in [-0.39, 0.29) is 93.9 Å². The number of nitrogens with zero attached hydrogens (tertiary/aromatic N) is 4. The Kier molecular flexibility index (Phi) is 18.0. The minimum absolute atomic E-state index is 0.00299. The average Bonchev–Trinajstić information content (AvgIpc) is 0.768. The summed E-state index contributed by atoms with van der Waals surface area (Å²) in [5.74, 6) is -0.461. The fourth-order valence-corrected chi connectivity index (χ4v) is 10.9. The van der Waals surface area contributed by atoms with Gasteiger partial charge in [-0.1, -0.05) is 132 Å². The number of benzene rings is 8. The van der Waals surface area contributed by atoms with Crippen molar-refractivity contribution in [3.05, 3.63) is 251 Å². The Morgan fingerprint density at radius 2 is 0.457 bits per heavy atom. The Hall–Kier alpha value is -10.8. The predicted octanol–water partition coefficient (Wildman–Crippen LogP) is 17.6. The van der Waals surface area contributed by atoms with Crippen molar-refractivity contribution in [3.8, 4) is 46.0 Å². The van der Waals surface area contributed by atoms with Crippen LogP contribution in [0.1, 0.15) is 191 Å². The molecule has 0 spiro atoms. The van der Waals surface area contributed by atoms with Gasteiger partial charge in [0.05, 0.1) is 19.7 Å². The van der Waals surface area contributed by atoms with Crippen LogP contribution in [0.25, 0.3) is 0 Å². The Bertz CT molecular complexity index is 3740. The second kappa shape index (κ2) is 25.3. The van der Waals surface area contributed by atoms with E-state index in [9.17, 15) is 59.6 Å². The van der Waals surface area contributed by atoms with Crippen LogP contribution in [-0.2, 0) is 47.3 Å². The SMILES string of the molecule is CC(C)(C)c1cc2c(Oc3ccc(C=O)cc3[N+](=O)[O-])c(c1)Cc1cc(C(C)(C)C)cc(c1Oc1ccc(C=O)cc1[N+](=O)[O-])Cc1cc(C(C)(C)C)cc(c1Oc1ccc(C=O)cc1[N+](=O)[O-])Cc1cc(C(C)(C)C)cc(c1Oc1ccc(C=O)cc1[N+](=O)[O-])C2. The molecule has 0 heterocycles.